The van der Waals surface area contributed by atoms with E-state index in [4.69, 9.17) is 0 Å². The first-order valence-electron chi connectivity index (χ1n) is 7.82. The van der Waals surface area contributed by atoms with Crippen LogP contribution in [0.4, 0.5) is 0 Å². The Bertz CT molecular complexity index is 564. The van der Waals surface area contributed by atoms with Crippen LogP contribution in [0.1, 0.15) is 37.3 Å². The average molecular weight is 286 g/mol. The van der Waals surface area contributed by atoms with E-state index in [0.29, 0.717) is 25.9 Å². The van der Waals surface area contributed by atoms with Crippen LogP contribution in [0.15, 0.2) is 24.3 Å². The fraction of sp³-hybridized carbons (Fsp3) is 0.529. The van der Waals surface area contributed by atoms with Gasteiger partial charge in [-0.25, -0.2) is 0 Å². The van der Waals surface area contributed by atoms with E-state index in [-0.39, 0.29) is 11.8 Å². The second kappa shape index (κ2) is 5.51. The van der Waals surface area contributed by atoms with Gasteiger partial charge in [0.25, 0.3) is 0 Å². The number of hydrogen-bond donors (Lipinski definition) is 1. The van der Waals surface area contributed by atoms with Gasteiger partial charge in [-0.05, 0) is 36.8 Å². The molecule has 0 bridgehead atoms. The van der Waals surface area contributed by atoms with Gasteiger partial charge in [-0.2, -0.15) is 0 Å². The first-order chi connectivity index (χ1) is 10.2. The van der Waals surface area contributed by atoms with E-state index < -0.39 is 5.41 Å². The van der Waals surface area contributed by atoms with Gasteiger partial charge in [0, 0.05) is 19.6 Å². The molecule has 1 heterocycles. The molecule has 4 heteroatoms. The fourth-order valence-corrected chi connectivity index (χ4v) is 3.04. The lowest BCUT2D eigenvalue weighted by molar-refractivity contribution is -0.145. The number of fused-ring (bicyclic) bond motifs is 1. The number of nitrogens with zero attached hydrogens (tertiary/aromatic N) is 1. The van der Waals surface area contributed by atoms with E-state index in [2.05, 4.69) is 17.4 Å². The van der Waals surface area contributed by atoms with Gasteiger partial charge in [-0.15, -0.1) is 0 Å². The third kappa shape index (κ3) is 2.55. The van der Waals surface area contributed by atoms with Crippen LogP contribution in [0.5, 0.6) is 0 Å². The van der Waals surface area contributed by atoms with Crippen LogP contribution in [0.2, 0.25) is 0 Å². The molecule has 0 spiro atoms. The summed E-state index contributed by atoms with van der Waals surface area (Å²) >= 11 is 0. The van der Waals surface area contributed by atoms with Crippen molar-refractivity contribution >= 4 is 11.8 Å². The average Bonchev–Trinajstić information content (AvgIpc) is 3.33. The minimum absolute atomic E-state index is 0.0191. The molecule has 0 unspecified atom stereocenters. The summed E-state index contributed by atoms with van der Waals surface area (Å²) in [5.74, 6) is -0.0567. The van der Waals surface area contributed by atoms with Gasteiger partial charge in [0.05, 0.1) is 0 Å². The first kappa shape index (κ1) is 14.1. The zero-order valence-corrected chi connectivity index (χ0v) is 12.5. The van der Waals surface area contributed by atoms with E-state index >= 15 is 0 Å². The maximum absolute atomic E-state index is 12.8. The Labute approximate surface area is 125 Å². The van der Waals surface area contributed by atoms with Crippen LogP contribution >= 0.6 is 0 Å². The molecule has 2 amide bonds. The van der Waals surface area contributed by atoms with Crippen LogP contribution in [0, 0.1) is 5.41 Å². The molecule has 1 aliphatic carbocycles. The minimum Gasteiger partial charge on any atom is -0.355 e. The molecule has 1 N–H and O–H groups in total. The van der Waals surface area contributed by atoms with Gasteiger partial charge in [0.2, 0.25) is 11.8 Å². The highest BCUT2D eigenvalue weighted by Crippen LogP contribution is 2.48. The summed E-state index contributed by atoms with van der Waals surface area (Å²) in [6.45, 7) is 4.02. The van der Waals surface area contributed by atoms with Crippen molar-refractivity contribution in [3.05, 3.63) is 35.4 Å². The van der Waals surface area contributed by atoms with E-state index in [1.165, 1.54) is 11.1 Å². The lowest BCUT2D eigenvalue weighted by Crippen LogP contribution is -2.47. The summed E-state index contributed by atoms with van der Waals surface area (Å²) in [6, 6.07) is 8.24. The third-order valence-corrected chi connectivity index (χ3v) is 4.55. The molecule has 0 radical (unpaired) electrons. The summed E-state index contributed by atoms with van der Waals surface area (Å²) < 4.78 is 0. The zero-order chi connectivity index (χ0) is 14.9. The molecule has 1 aromatic carbocycles. The Morgan fingerprint density at radius 1 is 1.24 bits per heavy atom. The largest absolute Gasteiger partial charge is 0.355 e. The summed E-state index contributed by atoms with van der Waals surface area (Å²) in [4.78, 5) is 26.9. The molecule has 4 nitrogen and oxygen atoms in total. The predicted molar refractivity (Wildman–Crippen MR) is 80.5 cm³/mol. The van der Waals surface area contributed by atoms with E-state index in [9.17, 15) is 9.59 Å². The molecule has 0 atom stereocenters. The molecule has 0 saturated heterocycles. The van der Waals surface area contributed by atoms with E-state index in [0.717, 1.165) is 19.4 Å². The van der Waals surface area contributed by atoms with Crippen molar-refractivity contribution in [2.75, 3.05) is 13.1 Å². The summed E-state index contributed by atoms with van der Waals surface area (Å²) in [5, 5.41) is 2.89. The Morgan fingerprint density at radius 3 is 2.62 bits per heavy atom. The molecule has 1 fully saturated rings. The van der Waals surface area contributed by atoms with Crippen molar-refractivity contribution in [2.45, 2.75) is 39.2 Å². The highest BCUT2D eigenvalue weighted by atomic mass is 16.2. The number of carbonyl (C=O) groups excluding carboxylic acids is 2. The molecule has 3 rings (SSSR count). The molecule has 1 aromatic rings. The molecular formula is C17H22N2O2. The molecule has 0 aromatic heterocycles. The summed E-state index contributed by atoms with van der Waals surface area (Å²) in [6.07, 6.45) is 3.17. The normalized spacial score (nSPS) is 18.8. The number of hydrogen-bond acceptors (Lipinski definition) is 2. The fourth-order valence-electron chi connectivity index (χ4n) is 3.04. The summed E-state index contributed by atoms with van der Waals surface area (Å²) in [7, 11) is 0. The molecule has 1 saturated carbocycles. The highest BCUT2D eigenvalue weighted by molar-refractivity contribution is 6.07. The number of amides is 2. The lowest BCUT2D eigenvalue weighted by atomic mass is 9.97. The topological polar surface area (TPSA) is 49.4 Å². The standard InChI is InChI=1S/C17H22N2O2/c1-2-10-18-15(20)17(8-9-17)16(21)19-11-7-13-5-3-4-6-14(13)12-19/h3-6H,2,7-12H2,1H3,(H,18,20). The molecule has 112 valence electrons. The molecule has 1 aliphatic heterocycles. The summed E-state index contributed by atoms with van der Waals surface area (Å²) in [5.41, 5.74) is 1.77. The Morgan fingerprint density at radius 2 is 1.95 bits per heavy atom. The molecular weight excluding hydrogens is 264 g/mol. The van der Waals surface area contributed by atoms with Gasteiger partial charge in [-0.3, -0.25) is 9.59 Å². The molecule has 21 heavy (non-hydrogen) atoms. The van der Waals surface area contributed by atoms with Crippen LogP contribution in [-0.2, 0) is 22.6 Å². The number of rotatable bonds is 4. The maximum atomic E-state index is 12.8. The van der Waals surface area contributed by atoms with Crippen LogP contribution < -0.4 is 5.32 Å². The van der Waals surface area contributed by atoms with Gasteiger partial charge in [0.15, 0.2) is 0 Å². The predicted octanol–water partition coefficient (Wildman–Crippen LogP) is 1.88. The minimum atomic E-state index is -0.762. The number of nitrogens with one attached hydrogen (secondary N) is 1. The van der Waals surface area contributed by atoms with Gasteiger partial charge >= 0.3 is 0 Å². The quantitative estimate of drug-likeness (QED) is 0.859. The van der Waals surface area contributed by atoms with Crippen molar-refractivity contribution in [3.63, 3.8) is 0 Å². The monoisotopic (exact) mass is 286 g/mol. The van der Waals surface area contributed by atoms with Crippen molar-refractivity contribution in [2.24, 2.45) is 5.41 Å². The maximum Gasteiger partial charge on any atom is 0.238 e. The Balaban J connectivity index is 1.71. The number of benzene rings is 1. The first-order valence-corrected chi connectivity index (χ1v) is 7.82. The Kier molecular flexibility index (Phi) is 3.70. The molecule has 2 aliphatic rings. The van der Waals surface area contributed by atoms with Crippen LogP contribution in [0.3, 0.4) is 0 Å². The van der Waals surface area contributed by atoms with Gasteiger partial charge in [0.1, 0.15) is 5.41 Å². The van der Waals surface area contributed by atoms with Gasteiger partial charge in [-0.1, -0.05) is 31.2 Å². The lowest BCUT2D eigenvalue weighted by Gasteiger charge is -2.31. The van der Waals surface area contributed by atoms with Crippen molar-refractivity contribution in [1.29, 1.82) is 0 Å². The SMILES string of the molecule is CCCNC(=O)C1(C(=O)N2CCc3ccccc3C2)CC1. The second-order valence-corrected chi connectivity index (χ2v) is 6.08. The number of carbonyl (C=O) groups is 2. The van der Waals surface area contributed by atoms with Crippen molar-refractivity contribution < 1.29 is 9.59 Å². The van der Waals surface area contributed by atoms with Crippen LogP contribution in [0.25, 0.3) is 0 Å². The van der Waals surface area contributed by atoms with E-state index in [1.807, 2.05) is 24.0 Å². The second-order valence-electron chi connectivity index (χ2n) is 6.08. The van der Waals surface area contributed by atoms with Crippen LogP contribution in [-0.4, -0.2) is 29.8 Å². The van der Waals surface area contributed by atoms with Crippen molar-refractivity contribution in [3.8, 4) is 0 Å². The Hall–Kier alpha value is -1.84. The van der Waals surface area contributed by atoms with Crippen molar-refractivity contribution in [1.82, 2.24) is 10.2 Å². The third-order valence-electron chi connectivity index (χ3n) is 4.55. The van der Waals surface area contributed by atoms with E-state index in [1.54, 1.807) is 0 Å². The smallest absolute Gasteiger partial charge is 0.238 e. The highest BCUT2D eigenvalue weighted by Gasteiger charge is 2.57. The zero-order valence-electron chi connectivity index (χ0n) is 12.5. The van der Waals surface area contributed by atoms with Gasteiger partial charge < -0.3 is 10.2 Å².